The van der Waals surface area contributed by atoms with Crippen LogP contribution in [0.3, 0.4) is 0 Å². The summed E-state index contributed by atoms with van der Waals surface area (Å²) in [6.45, 7) is 1.80. The molecule has 1 fully saturated rings. The first-order valence-electron chi connectivity index (χ1n) is 11.4. The van der Waals surface area contributed by atoms with Crippen LogP contribution in [0.4, 0.5) is 19.0 Å². The van der Waals surface area contributed by atoms with E-state index in [9.17, 15) is 22.8 Å². The first kappa shape index (κ1) is 23.5. The van der Waals surface area contributed by atoms with Gasteiger partial charge >= 0.3 is 6.18 Å². The van der Waals surface area contributed by atoms with E-state index >= 15 is 0 Å². The number of halogens is 3. The number of amides is 1. The molecule has 9 heteroatoms. The molecule has 36 heavy (non-hydrogen) atoms. The van der Waals surface area contributed by atoms with Gasteiger partial charge in [-0.15, -0.1) is 0 Å². The quantitative estimate of drug-likeness (QED) is 0.386. The first-order chi connectivity index (χ1) is 17.2. The van der Waals surface area contributed by atoms with Crippen LogP contribution in [0.5, 0.6) is 0 Å². The number of alkyl halides is 3. The van der Waals surface area contributed by atoms with E-state index < -0.39 is 23.4 Å². The summed E-state index contributed by atoms with van der Waals surface area (Å²) in [5.74, 6) is -0.638. The second-order valence-corrected chi connectivity index (χ2v) is 8.63. The van der Waals surface area contributed by atoms with Crippen LogP contribution in [0, 0.1) is 0 Å². The van der Waals surface area contributed by atoms with Crippen molar-refractivity contribution in [2.45, 2.75) is 19.0 Å². The van der Waals surface area contributed by atoms with Gasteiger partial charge in [0.2, 0.25) is 5.91 Å². The molecule has 1 aliphatic rings. The Hall–Kier alpha value is -4.27. The Labute approximate surface area is 204 Å². The maximum Gasteiger partial charge on any atom is 0.417 e. The highest BCUT2D eigenvalue weighted by molar-refractivity contribution is 6.11. The van der Waals surface area contributed by atoms with E-state index in [4.69, 9.17) is 5.73 Å². The lowest BCUT2D eigenvalue weighted by molar-refractivity contribution is -0.137. The molecular weight excluding hydrogens is 469 g/mol. The van der Waals surface area contributed by atoms with Crippen molar-refractivity contribution in [1.82, 2.24) is 9.97 Å². The molecule has 5 rings (SSSR count). The first-order valence-corrected chi connectivity index (χ1v) is 11.4. The zero-order valence-electron chi connectivity index (χ0n) is 19.0. The lowest BCUT2D eigenvalue weighted by Crippen LogP contribution is -2.19. The number of primary amides is 1. The molecule has 0 bridgehead atoms. The molecule has 0 aliphatic carbocycles. The molecule has 0 spiro atoms. The Bertz CT molecular complexity index is 1490. The molecule has 182 valence electrons. The van der Waals surface area contributed by atoms with Crippen LogP contribution in [0.1, 0.15) is 44.7 Å². The fourth-order valence-electron chi connectivity index (χ4n) is 4.53. The standard InChI is InChI=1S/C27H21F3N4O2/c28-27(29,30)20-8-4-7-19(26(31)36)24(20)16-5-3-6-17(13-16)25(35)18-9-10-21-22(14-18)33-23(15-32-21)34-11-1-2-12-34/h3-10,13-15H,1-2,11-12H2,(H2,31,36). The number of nitrogens with zero attached hydrogens (tertiary/aromatic N) is 3. The normalized spacial score (nSPS) is 13.8. The lowest BCUT2D eigenvalue weighted by Gasteiger charge is -2.17. The summed E-state index contributed by atoms with van der Waals surface area (Å²) < 4.78 is 41.3. The van der Waals surface area contributed by atoms with Crippen LogP contribution < -0.4 is 10.6 Å². The fraction of sp³-hybridized carbons (Fsp3) is 0.185. The number of fused-ring (bicyclic) bond motifs is 1. The van der Waals surface area contributed by atoms with Crippen molar-refractivity contribution in [2.75, 3.05) is 18.0 Å². The average Bonchev–Trinajstić information content (AvgIpc) is 3.42. The van der Waals surface area contributed by atoms with E-state index in [0.717, 1.165) is 43.9 Å². The third-order valence-electron chi connectivity index (χ3n) is 6.27. The van der Waals surface area contributed by atoms with Gasteiger partial charge in [-0.3, -0.25) is 14.6 Å². The monoisotopic (exact) mass is 490 g/mol. The van der Waals surface area contributed by atoms with E-state index in [0.29, 0.717) is 16.6 Å². The molecule has 0 unspecified atom stereocenters. The molecule has 3 aromatic carbocycles. The smallest absolute Gasteiger partial charge is 0.366 e. The summed E-state index contributed by atoms with van der Waals surface area (Å²) in [5.41, 5.74) is 5.50. The predicted molar refractivity (Wildman–Crippen MR) is 130 cm³/mol. The van der Waals surface area contributed by atoms with Crippen LogP contribution in [0.15, 0.2) is 66.9 Å². The zero-order chi connectivity index (χ0) is 25.4. The Morgan fingerprint density at radius 1 is 0.889 bits per heavy atom. The molecule has 0 saturated carbocycles. The summed E-state index contributed by atoms with van der Waals surface area (Å²) >= 11 is 0. The van der Waals surface area contributed by atoms with Crippen molar-refractivity contribution < 1.29 is 22.8 Å². The largest absolute Gasteiger partial charge is 0.417 e. The maximum absolute atomic E-state index is 13.8. The van der Waals surface area contributed by atoms with Crippen molar-refractivity contribution in [3.63, 3.8) is 0 Å². The molecule has 0 atom stereocenters. The number of benzene rings is 3. The second kappa shape index (κ2) is 9.07. The number of rotatable bonds is 5. The molecule has 1 aliphatic heterocycles. The van der Waals surface area contributed by atoms with Gasteiger partial charge < -0.3 is 10.6 Å². The van der Waals surface area contributed by atoms with Crippen molar-refractivity contribution >= 4 is 28.5 Å². The summed E-state index contributed by atoms with van der Waals surface area (Å²) in [4.78, 5) is 36.5. The van der Waals surface area contributed by atoms with E-state index in [2.05, 4.69) is 14.9 Å². The highest BCUT2D eigenvalue weighted by atomic mass is 19.4. The van der Waals surface area contributed by atoms with Gasteiger partial charge in [0.15, 0.2) is 5.78 Å². The van der Waals surface area contributed by atoms with Crippen molar-refractivity contribution in [3.8, 4) is 11.1 Å². The minimum atomic E-state index is -4.72. The van der Waals surface area contributed by atoms with Gasteiger partial charge in [-0.05, 0) is 54.8 Å². The summed E-state index contributed by atoms with van der Waals surface area (Å²) in [6, 6.07) is 13.9. The Morgan fingerprint density at radius 3 is 2.33 bits per heavy atom. The number of hydrogen-bond acceptors (Lipinski definition) is 5. The second-order valence-electron chi connectivity index (χ2n) is 8.63. The van der Waals surface area contributed by atoms with Gasteiger partial charge in [0.25, 0.3) is 0 Å². The molecule has 4 aromatic rings. The summed E-state index contributed by atoms with van der Waals surface area (Å²) in [5, 5.41) is 0. The van der Waals surface area contributed by atoms with Crippen LogP contribution in [-0.2, 0) is 6.18 Å². The molecule has 1 amide bonds. The van der Waals surface area contributed by atoms with Gasteiger partial charge in [0, 0.05) is 35.3 Å². The SMILES string of the molecule is NC(=O)c1cccc(C(F)(F)F)c1-c1cccc(C(=O)c2ccc3ncc(N4CCCC4)nc3c2)c1. The minimum Gasteiger partial charge on any atom is -0.366 e. The minimum absolute atomic E-state index is 0.0690. The number of anilines is 1. The lowest BCUT2D eigenvalue weighted by atomic mass is 9.91. The van der Waals surface area contributed by atoms with Gasteiger partial charge in [-0.2, -0.15) is 13.2 Å². The summed E-state index contributed by atoms with van der Waals surface area (Å²) in [7, 11) is 0. The van der Waals surface area contributed by atoms with Crippen molar-refractivity contribution in [1.29, 1.82) is 0 Å². The predicted octanol–water partition coefficient (Wildman–Crippen LogP) is 5.25. The van der Waals surface area contributed by atoms with Gasteiger partial charge in [0.05, 0.1) is 22.8 Å². The van der Waals surface area contributed by atoms with Gasteiger partial charge in [-0.25, -0.2) is 4.98 Å². The van der Waals surface area contributed by atoms with E-state index in [1.54, 1.807) is 24.4 Å². The Balaban J connectivity index is 1.55. The molecule has 0 radical (unpaired) electrons. The summed E-state index contributed by atoms with van der Waals surface area (Å²) in [6.07, 6.45) is -0.828. The third kappa shape index (κ3) is 4.39. The highest BCUT2D eigenvalue weighted by Crippen LogP contribution is 2.39. The Morgan fingerprint density at radius 2 is 1.61 bits per heavy atom. The number of ketones is 1. The molecule has 1 saturated heterocycles. The highest BCUT2D eigenvalue weighted by Gasteiger charge is 2.35. The Kier molecular flexibility index (Phi) is 5.91. The van der Waals surface area contributed by atoms with Crippen LogP contribution in [0.2, 0.25) is 0 Å². The van der Waals surface area contributed by atoms with Gasteiger partial charge in [0.1, 0.15) is 5.82 Å². The van der Waals surface area contributed by atoms with Crippen LogP contribution in [-0.4, -0.2) is 34.7 Å². The number of nitrogens with two attached hydrogens (primary N) is 1. The van der Waals surface area contributed by atoms with Gasteiger partial charge in [-0.1, -0.05) is 24.3 Å². The number of aromatic nitrogens is 2. The zero-order valence-corrected chi connectivity index (χ0v) is 19.0. The maximum atomic E-state index is 13.8. The topological polar surface area (TPSA) is 89.2 Å². The molecule has 1 aromatic heterocycles. The third-order valence-corrected chi connectivity index (χ3v) is 6.27. The number of hydrogen-bond donors (Lipinski definition) is 1. The molecule has 6 nitrogen and oxygen atoms in total. The van der Waals surface area contributed by atoms with Crippen LogP contribution in [0.25, 0.3) is 22.2 Å². The van der Waals surface area contributed by atoms with E-state index in [-0.39, 0.29) is 22.3 Å². The van der Waals surface area contributed by atoms with E-state index in [1.165, 1.54) is 30.3 Å². The molecule has 2 heterocycles. The van der Waals surface area contributed by atoms with Crippen molar-refractivity contribution in [2.24, 2.45) is 5.73 Å². The average molecular weight is 490 g/mol. The van der Waals surface area contributed by atoms with E-state index in [1.807, 2.05) is 0 Å². The number of carbonyl (C=O) groups excluding carboxylic acids is 2. The van der Waals surface area contributed by atoms with Crippen molar-refractivity contribution in [3.05, 3.63) is 89.1 Å². The fourth-order valence-corrected chi connectivity index (χ4v) is 4.53. The number of carbonyl (C=O) groups is 2. The molecular formula is C27H21F3N4O2. The molecule has 2 N–H and O–H groups in total. The van der Waals surface area contributed by atoms with Crippen LogP contribution >= 0.6 is 0 Å².